The van der Waals surface area contributed by atoms with E-state index < -0.39 is 6.43 Å². The maximum absolute atomic E-state index is 12.4. The number of hydrogen-bond acceptors (Lipinski definition) is 2. The molecule has 84 valence electrons. The Kier molecular flexibility index (Phi) is 4.65. The van der Waals surface area contributed by atoms with Crippen LogP contribution in [0.2, 0.25) is 0 Å². The molecule has 0 amide bonds. The van der Waals surface area contributed by atoms with Gasteiger partial charge in [-0.1, -0.05) is 24.3 Å². The molecular formula is C11H15F2NO. The minimum absolute atomic E-state index is 0.0150. The van der Waals surface area contributed by atoms with Gasteiger partial charge in [0, 0.05) is 12.2 Å². The first-order valence-corrected chi connectivity index (χ1v) is 4.85. The average Bonchev–Trinajstić information content (AvgIpc) is 2.26. The highest BCUT2D eigenvalue weighted by Gasteiger charge is 2.10. The minimum Gasteiger partial charge on any atom is -0.396 e. The van der Waals surface area contributed by atoms with Crippen LogP contribution in [0.4, 0.5) is 8.78 Å². The molecule has 0 bridgehead atoms. The first kappa shape index (κ1) is 12.1. The standard InChI is InChI=1S/C11H15F2NO/c12-11(13)10-3-1-2-8(5-10)4-9(6-14)7-15/h1-3,5,9,11,15H,4,6-7,14H2. The number of nitrogens with two attached hydrogens (primary N) is 1. The van der Waals surface area contributed by atoms with E-state index in [1.807, 2.05) is 0 Å². The van der Waals surface area contributed by atoms with Crippen molar-refractivity contribution in [2.45, 2.75) is 12.8 Å². The van der Waals surface area contributed by atoms with Gasteiger partial charge in [-0.05, 0) is 24.4 Å². The van der Waals surface area contributed by atoms with Gasteiger partial charge in [-0.25, -0.2) is 8.78 Å². The molecule has 0 aliphatic rings. The Morgan fingerprint density at radius 1 is 1.33 bits per heavy atom. The molecule has 1 aromatic carbocycles. The van der Waals surface area contributed by atoms with Crippen LogP contribution >= 0.6 is 0 Å². The Balaban J connectivity index is 2.72. The fraction of sp³-hybridized carbons (Fsp3) is 0.455. The normalized spacial score (nSPS) is 13.1. The maximum atomic E-state index is 12.4. The SMILES string of the molecule is NCC(CO)Cc1cccc(C(F)F)c1. The van der Waals surface area contributed by atoms with E-state index in [1.54, 1.807) is 12.1 Å². The first-order valence-electron chi connectivity index (χ1n) is 4.85. The zero-order valence-corrected chi connectivity index (χ0v) is 8.37. The fourth-order valence-electron chi connectivity index (χ4n) is 1.41. The van der Waals surface area contributed by atoms with Crippen LogP contribution in [0.5, 0.6) is 0 Å². The molecule has 1 rings (SSSR count). The van der Waals surface area contributed by atoms with E-state index in [1.165, 1.54) is 12.1 Å². The molecule has 1 atom stereocenters. The lowest BCUT2D eigenvalue weighted by atomic mass is 9.99. The van der Waals surface area contributed by atoms with Crippen molar-refractivity contribution in [3.8, 4) is 0 Å². The van der Waals surface area contributed by atoms with Gasteiger partial charge in [0.15, 0.2) is 0 Å². The van der Waals surface area contributed by atoms with Crippen molar-refractivity contribution >= 4 is 0 Å². The second kappa shape index (κ2) is 5.78. The fourth-order valence-corrected chi connectivity index (χ4v) is 1.41. The van der Waals surface area contributed by atoms with Crippen molar-refractivity contribution in [3.63, 3.8) is 0 Å². The summed E-state index contributed by atoms with van der Waals surface area (Å²) in [6.45, 7) is 0.338. The van der Waals surface area contributed by atoms with Gasteiger partial charge >= 0.3 is 0 Å². The third-order valence-corrected chi connectivity index (χ3v) is 2.32. The predicted octanol–water partition coefficient (Wildman–Crippen LogP) is 1.73. The smallest absolute Gasteiger partial charge is 0.263 e. The molecule has 0 aromatic heterocycles. The number of hydrogen-bond donors (Lipinski definition) is 2. The van der Waals surface area contributed by atoms with E-state index >= 15 is 0 Å². The lowest BCUT2D eigenvalue weighted by Gasteiger charge is -2.11. The average molecular weight is 215 g/mol. The molecule has 2 nitrogen and oxygen atoms in total. The monoisotopic (exact) mass is 215 g/mol. The van der Waals surface area contributed by atoms with Gasteiger partial charge in [0.1, 0.15) is 0 Å². The lowest BCUT2D eigenvalue weighted by Crippen LogP contribution is -2.20. The van der Waals surface area contributed by atoms with E-state index in [9.17, 15) is 8.78 Å². The summed E-state index contributed by atoms with van der Waals surface area (Å²) in [5.41, 5.74) is 6.23. The summed E-state index contributed by atoms with van der Waals surface area (Å²) in [5.74, 6) is -0.0575. The molecule has 0 saturated carbocycles. The van der Waals surface area contributed by atoms with Gasteiger partial charge < -0.3 is 10.8 Å². The molecule has 0 saturated heterocycles. The Morgan fingerprint density at radius 2 is 2.07 bits per heavy atom. The summed E-state index contributed by atoms with van der Waals surface area (Å²) in [6, 6.07) is 6.22. The summed E-state index contributed by atoms with van der Waals surface area (Å²) in [6.07, 6.45) is -1.91. The van der Waals surface area contributed by atoms with Gasteiger partial charge in [0.2, 0.25) is 0 Å². The molecule has 0 spiro atoms. The summed E-state index contributed by atoms with van der Waals surface area (Å²) in [4.78, 5) is 0. The van der Waals surface area contributed by atoms with Gasteiger partial charge in [-0.2, -0.15) is 0 Å². The highest BCUT2D eigenvalue weighted by atomic mass is 19.3. The molecule has 0 aliphatic carbocycles. The van der Waals surface area contributed by atoms with Crippen molar-refractivity contribution in [2.24, 2.45) is 11.7 Å². The number of benzene rings is 1. The number of rotatable bonds is 5. The van der Waals surface area contributed by atoms with Crippen molar-refractivity contribution in [2.75, 3.05) is 13.2 Å². The van der Waals surface area contributed by atoms with E-state index in [4.69, 9.17) is 10.8 Å². The molecular weight excluding hydrogens is 200 g/mol. The highest BCUT2D eigenvalue weighted by molar-refractivity contribution is 5.24. The summed E-state index contributed by atoms with van der Waals surface area (Å²) < 4.78 is 24.7. The molecule has 4 heteroatoms. The number of halogens is 2. The summed E-state index contributed by atoms with van der Waals surface area (Å²) in [7, 11) is 0. The Labute approximate surface area is 87.7 Å². The van der Waals surface area contributed by atoms with Crippen molar-refractivity contribution in [1.29, 1.82) is 0 Å². The van der Waals surface area contributed by atoms with Crippen LogP contribution in [-0.2, 0) is 6.42 Å². The topological polar surface area (TPSA) is 46.2 Å². The van der Waals surface area contributed by atoms with Gasteiger partial charge in [0.25, 0.3) is 6.43 Å². The molecule has 0 heterocycles. The van der Waals surface area contributed by atoms with E-state index in [2.05, 4.69) is 0 Å². The van der Waals surface area contributed by atoms with E-state index in [0.29, 0.717) is 13.0 Å². The Morgan fingerprint density at radius 3 is 2.60 bits per heavy atom. The number of aliphatic hydroxyl groups is 1. The molecule has 0 fully saturated rings. The molecule has 0 aliphatic heterocycles. The molecule has 1 unspecified atom stereocenters. The van der Waals surface area contributed by atoms with Crippen LogP contribution in [0.3, 0.4) is 0 Å². The molecule has 3 N–H and O–H groups in total. The van der Waals surface area contributed by atoms with Crippen molar-refractivity contribution < 1.29 is 13.9 Å². The molecule has 0 radical (unpaired) electrons. The van der Waals surface area contributed by atoms with Crippen molar-refractivity contribution in [3.05, 3.63) is 35.4 Å². The zero-order valence-electron chi connectivity index (χ0n) is 8.37. The van der Waals surface area contributed by atoms with Crippen LogP contribution in [0, 0.1) is 5.92 Å². The largest absolute Gasteiger partial charge is 0.396 e. The third-order valence-electron chi connectivity index (χ3n) is 2.32. The highest BCUT2D eigenvalue weighted by Crippen LogP contribution is 2.20. The second-order valence-electron chi connectivity index (χ2n) is 3.53. The van der Waals surface area contributed by atoms with Crippen LogP contribution in [0.25, 0.3) is 0 Å². The predicted molar refractivity (Wildman–Crippen MR) is 54.7 cm³/mol. The Bertz CT molecular complexity index is 300. The van der Waals surface area contributed by atoms with Crippen LogP contribution in [-0.4, -0.2) is 18.3 Å². The van der Waals surface area contributed by atoms with E-state index in [-0.39, 0.29) is 18.1 Å². The van der Waals surface area contributed by atoms with Gasteiger partial charge in [0.05, 0.1) is 0 Å². The molecule has 15 heavy (non-hydrogen) atoms. The number of aliphatic hydroxyl groups excluding tert-OH is 1. The quantitative estimate of drug-likeness (QED) is 0.785. The van der Waals surface area contributed by atoms with E-state index in [0.717, 1.165) is 5.56 Å². The third kappa shape index (κ3) is 3.57. The Hall–Kier alpha value is -1.00. The molecule has 1 aromatic rings. The summed E-state index contributed by atoms with van der Waals surface area (Å²) in [5, 5.41) is 8.94. The van der Waals surface area contributed by atoms with Gasteiger partial charge in [-0.15, -0.1) is 0 Å². The van der Waals surface area contributed by atoms with Crippen LogP contribution in [0.15, 0.2) is 24.3 Å². The summed E-state index contributed by atoms with van der Waals surface area (Å²) >= 11 is 0. The zero-order chi connectivity index (χ0) is 11.3. The minimum atomic E-state index is -2.45. The second-order valence-corrected chi connectivity index (χ2v) is 3.53. The van der Waals surface area contributed by atoms with Gasteiger partial charge in [-0.3, -0.25) is 0 Å². The first-order chi connectivity index (χ1) is 7.17. The van der Waals surface area contributed by atoms with Crippen molar-refractivity contribution in [1.82, 2.24) is 0 Å². The number of alkyl halides is 2. The van der Waals surface area contributed by atoms with Crippen LogP contribution < -0.4 is 5.73 Å². The maximum Gasteiger partial charge on any atom is 0.263 e. The van der Waals surface area contributed by atoms with Crippen LogP contribution in [0.1, 0.15) is 17.6 Å². The lowest BCUT2D eigenvalue weighted by molar-refractivity contribution is 0.151.